The summed E-state index contributed by atoms with van der Waals surface area (Å²) in [4.78, 5) is 12.3. The van der Waals surface area contributed by atoms with Gasteiger partial charge in [0.15, 0.2) is 0 Å². The Kier molecular flexibility index (Phi) is 5.80. The fourth-order valence-electron chi connectivity index (χ4n) is 2.93. The Labute approximate surface area is 146 Å². The Morgan fingerprint density at radius 1 is 1.38 bits per heavy atom. The summed E-state index contributed by atoms with van der Waals surface area (Å²) in [6, 6.07) is 11.7. The zero-order valence-electron chi connectivity index (χ0n) is 13.3. The van der Waals surface area contributed by atoms with Crippen molar-refractivity contribution in [2.45, 2.75) is 18.4 Å². The minimum Gasteiger partial charge on any atom is -0.496 e. The molecule has 0 aliphatic heterocycles. The lowest BCUT2D eigenvalue weighted by molar-refractivity contribution is -0.123. The van der Waals surface area contributed by atoms with Gasteiger partial charge in [0.1, 0.15) is 11.6 Å². The van der Waals surface area contributed by atoms with E-state index in [0.717, 1.165) is 16.7 Å². The van der Waals surface area contributed by atoms with Crippen LogP contribution in [0.5, 0.6) is 5.75 Å². The summed E-state index contributed by atoms with van der Waals surface area (Å²) < 4.78 is 18.5. The number of hydrogen-bond donors (Lipinski definition) is 2. The number of nitrogens with two attached hydrogens (primary N) is 1. The van der Waals surface area contributed by atoms with Crippen LogP contribution >= 0.6 is 12.4 Å². The maximum Gasteiger partial charge on any atom is 0.227 e. The van der Waals surface area contributed by atoms with Crippen LogP contribution < -0.4 is 15.8 Å². The predicted octanol–water partition coefficient (Wildman–Crippen LogP) is 2.71. The number of para-hydroxylation sites is 1. The average molecular weight is 351 g/mol. The minimum absolute atomic E-state index is 0. The molecular formula is C18H20ClFN2O2. The lowest BCUT2D eigenvalue weighted by atomic mass is 9.77. The van der Waals surface area contributed by atoms with Crippen molar-refractivity contribution in [1.29, 1.82) is 0 Å². The summed E-state index contributed by atoms with van der Waals surface area (Å²) in [5.41, 5.74) is 8.79. The number of hydrogen-bond acceptors (Lipinski definition) is 3. The molecule has 24 heavy (non-hydrogen) atoms. The first-order valence-electron chi connectivity index (χ1n) is 7.54. The van der Waals surface area contributed by atoms with Gasteiger partial charge in [0.25, 0.3) is 0 Å². The number of benzene rings is 2. The second-order valence-corrected chi connectivity index (χ2v) is 5.69. The molecule has 1 amide bonds. The van der Waals surface area contributed by atoms with Crippen LogP contribution in [0.1, 0.15) is 28.7 Å². The summed E-state index contributed by atoms with van der Waals surface area (Å²) in [5.74, 6) is -0.0173. The van der Waals surface area contributed by atoms with Crippen LogP contribution in [0.4, 0.5) is 4.39 Å². The molecule has 0 aromatic heterocycles. The monoisotopic (exact) mass is 350 g/mol. The van der Waals surface area contributed by atoms with Gasteiger partial charge < -0.3 is 15.8 Å². The first-order chi connectivity index (χ1) is 11.1. The van der Waals surface area contributed by atoms with Gasteiger partial charge in [-0.1, -0.05) is 24.3 Å². The van der Waals surface area contributed by atoms with Crippen molar-refractivity contribution in [3.05, 3.63) is 65.0 Å². The fourth-order valence-corrected chi connectivity index (χ4v) is 2.93. The highest BCUT2D eigenvalue weighted by molar-refractivity contribution is 5.86. The number of carbonyl (C=O) groups is 1. The molecule has 0 heterocycles. The van der Waals surface area contributed by atoms with Crippen LogP contribution in [0.3, 0.4) is 0 Å². The Hall–Kier alpha value is -2.11. The van der Waals surface area contributed by atoms with Gasteiger partial charge in [-0.2, -0.15) is 0 Å². The molecule has 2 atom stereocenters. The van der Waals surface area contributed by atoms with Gasteiger partial charge in [0.05, 0.1) is 19.1 Å². The molecule has 0 radical (unpaired) electrons. The third kappa shape index (κ3) is 3.52. The molecule has 128 valence electrons. The molecular weight excluding hydrogens is 331 g/mol. The highest BCUT2D eigenvalue weighted by Crippen LogP contribution is 2.35. The Bertz CT molecular complexity index is 739. The zero-order chi connectivity index (χ0) is 16.4. The Morgan fingerprint density at radius 3 is 2.88 bits per heavy atom. The maximum absolute atomic E-state index is 13.3. The predicted molar refractivity (Wildman–Crippen MR) is 93.0 cm³/mol. The molecule has 0 spiro atoms. The van der Waals surface area contributed by atoms with E-state index in [0.29, 0.717) is 18.7 Å². The number of methoxy groups -OCH3 is 1. The molecule has 0 fully saturated rings. The molecule has 2 unspecified atom stereocenters. The summed E-state index contributed by atoms with van der Waals surface area (Å²) in [7, 11) is 1.59. The fraction of sp³-hybridized carbons (Fsp3) is 0.278. The van der Waals surface area contributed by atoms with Crippen molar-refractivity contribution in [3.63, 3.8) is 0 Å². The van der Waals surface area contributed by atoms with Gasteiger partial charge in [-0.05, 0) is 35.7 Å². The molecule has 2 aromatic rings. The van der Waals surface area contributed by atoms with Gasteiger partial charge in [-0.3, -0.25) is 4.79 Å². The van der Waals surface area contributed by atoms with Crippen molar-refractivity contribution in [1.82, 2.24) is 5.32 Å². The lowest BCUT2D eigenvalue weighted by Crippen LogP contribution is -2.39. The van der Waals surface area contributed by atoms with Crippen LogP contribution in [-0.2, 0) is 11.2 Å². The highest BCUT2D eigenvalue weighted by Gasteiger charge is 2.32. The third-order valence-electron chi connectivity index (χ3n) is 4.26. The maximum atomic E-state index is 13.3. The standard InChI is InChI=1S/C18H19FN2O2.ClH/c1-23-17-5-3-2-4-13(17)16(20)10-21-18(22)15-8-11-6-7-12(19)9-14(11)15;/h2-7,9,15-16H,8,10,20H2,1H3,(H,21,22);1H. The summed E-state index contributed by atoms with van der Waals surface area (Å²) in [6.45, 7) is 0.306. The van der Waals surface area contributed by atoms with E-state index in [2.05, 4.69) is 5.32 Å². The minimum atomic E-state index is -0.359. The molecule has 2 aromatic carbocycles. The molecule has 0 saturated heterocycles. The summed E-state index contributed by atoms with van der Waals surface area (Å²) in [5, 5.41) is 2.85. The van der Waals surface area contributed by atoms with Crippen molar-refractivity contribution in [2.75, 3.05) is 13.7 Å². The number of halogens is 2. The first-order valence-corrected chi connectivity index (χ1v) is 7.54. The first kappa shape index (κ1) is 18.2. The van der Waals surface area contributed by atoms with Gasteiger partial charge in [-0.25, -0.2) is 4.39 Å². The quantitative estimate of drug-likeness (QED) is 0.871. The van der Waals surface area contributed by atoms with Crippen LogP contribution in [0.2, 0.25) is 0 Å². The van der Waals surface area contributed by atoms with Crippen molar-refractivity contribution in [3.8, 4) is 5.75 Å². The molecule has 6 heteroatoms. The number of carbonyl (C=O) groups excluding carboxylic acids is 1. The molecule has 1 aliphatic carbocycles. The van der Waals surface area contributed by atoms with E-state index in [1.165, 1.54) is 12.1 Å². The molecule has 3 N–H and O–H groups in total. The van der Waals surface area contributed by atoms with E-state index in [1.54, 1.807) is 13.2 Å². The second kappa shape index (κ2) is 7.64. The highest BCUT2D eigenvalue weighted by atomic mass is 35.5. The van der Waals surface area contributed by atoms with Gasteiger partial charge in [0.2, 0.25) is 5.91 Å². The molecule has 3 rings (SSSR count). The van der Waals surface area contributed by atoms with Gasteiger partial charge in [0, 0.05) is 12.1 Å². The van der Waals surface area contributed by atoms with Gasteiger partial charge in [-0.15, -0.1) is 12.4 Å². The van der Waals surface area contributed by atoms with E-state index >= 15 is 0 Å². The largest absolute Gasteiger partial charge is 0.496 e. The molecule has 0 bridgehead atoms. The average Bonchev–Trinajstić information content (AvgIpc) is 2.55. The van der Waals surface area contributed by atoms with Crippen molar-refractivity contribution >= 4 is 18.3 Å². The second-order valence-electron chi connectivity index (χ2n) is 5.69. The van der Waals surface area contributed by atoms with E-state index in [1.807, 2.05) is 24.3 Å². The van der Waals surface area contributed by atoms with E-state index in [-0.39, 0.29) is 36.1 Å². The van der Waals surface area contributed by atoms with E-state index < -0.39 is 0 Å². The third-order valence-corrected chi connectivity index (χ3v) is 4.26. The Balaban J connectivity index is 0.00000208. The van der Waals surface area contributed by atoms with Crippen LogP contribution in [0.25, 0.3) is 0 Å². The molecule has 4 nitrogen and oxygen atoms in total. The number of amides is 1. The van der Waals surface area contributed by atoms with Crippen LogP contribution in [0, 0.1) is 5.82 Å². The number of rotatable bonds is 5. The number of ether oxygens (including phenoxy) is 1. The van der Waals surface area contributed by atoms with Crippen LogP contribution in [-0.4, -0.2) is 19.6 Å². The SMILES string of the molecule is COc1ccccc1C(N)CNC(=O)C1Cc2ccc(F)cc21.Cl. The summed E-state index contributed by atoms with van der Waals surface area (Å²) >= 11 is 0. The van der Waals surface area contributed by atoms with Crippen molar-refractivity contribution in [2.24, 2.45) is 5.73 Å². The number of nitrogens with one attached hydrogen (secondary N) is 1. The van der Waals surface area contributed by atoms with Crippen molar-refractivity contribution < 1.29 is 13.9 Å². The Morgan fingerprint density at radius 2 is 2.12 bits per heavy atom. The van der Waals surface area contributed by atoms with Crippen LogP contribution in [0.15, 0.2) is 42.5 Å². The van der Waals surface area contributed by atoms with Gasteiger partial charge >= 0.3 is 0 Å². The van der Waals surface area contributed by atoms with E-state index in [4.69, 9.17) is 10.5 Å². The molecule has 0 saturated carbocycles. The smallest absolute Gasteiger partial charge is 0.227 e. The lowest BCUT2D eigenvalue weighted by Gasteiger charge is -2.29. The number of fused-ring (bicyclic) bond motifs is 1. The zero-order valence-corrected chi connectivity index (χ0v) is 14.1. The van der Waals surface area contributed by atoms with E-state index in [9.17, 15) is 9.18 Å². The normalized spacial score (nSPS) is 16.2. The summed E-state index contributed by atoms with van der Waals surface area (Å²) in [6.07, 6.45) is 0.644. The molecule has 1 aliphatic rings. The topological polar surface area (TPSA) is 64.3 Å².